The van der Waals surface area contributed by atoms with E-state index in [4.69, 9.17) is 4.74 Å². The summed E-state index contributed by atoms with van der Waals surface area (Å²) >= 11 is 6.71. The monoisotopic (exact) mass is 398 g/mol. The van der Waals surface area contributed by atoms with Gasteiger partial charge in [-0.25, -0.2) is 4.98 Å². The number of benzene rings is 1. The van der Waals surface area contributed by atoms with Gasteiger partial charge >= 0.3 is 0 Å². The first-order valence-corrected chi connectivity index (χ1v) is 7.38. The first-order valence-electron chi connectivity index (χ1n) is 5.79. The van der Waals surface area contributed by atoms with Gasteiger partial charge in [0.05, 0.1) is 18.4 Å². The highest BCUT2D eigenvalue weighted by Crippen LogP contribution is 2.24. The second-order valence-electron chi connectivity index (χ2n) is 4.06. The van der Waals surface area contributed by atoms with Gasteiger partial charge in [-0.3, -0.25) is 4.79 Å². The molecular formula is C14H12Br2N2O2. The predicted octanol–water partition coefficient (Wildman–Crippen LogP) is 4.18. The molecule has 1 aromatic carbocycles. The summed E-state index contributed by atoms with van der Waals surface area (Å²) in [7, 11) is 1.53. The van der Waals surface area contributed by atoms with Crippen molar-refractivity contribution >= 4 is 43.6 Å². The summed E-state index contributed by atoms with van der Waals surface area (Å²) in [6.45, 7) is 1.86. The lowest BCUT2D eigenvalue weighted by molar-refractivity contribution is 0.102. The molecule has 0 aliphatic carbocycles. The molecule has 2 aromatic rings. The van der Waals surface area contributed by atoms with Gasteiger partial charge in [0, 0.05) is 8.95 Å². The van der Waals surface area contributed by atoms with Crippen molar-refractivity contribution in [3.8, 4) is 5.75 Å². The standard InChI is InChI=1S/C14H12Br2N2O2/c1-8-11(16)5-6-13(17-8)18-14(19)10-4-3-9(15)7-12(10)20-2/h3-7H,1-2H3,(H,17,18,19). The van der Waals surface area contributed by atoms with E-state index in [0.717, 1.165) is 14.6 Å². The van der Waals surface area contributed by atoms with E-state index < -0.39 is 0 Å². The molecule has 6 heteroatoms. The highest BCUT2D eigenvalue weighted by Gasteiger charge is 2.13. The fourth-order valence-electron chi connectivity index (χ4n) is 1.65. The van der Waals surface area contributed by atoms with Crippen LogP contribution in [0.1, 0.15) is 16.1 Å². The number of pyridine rings is 1. The smallest absolute Gasteiger partial charge is 0.260 e. The Morgan fingerprint density at radius 1 is 1.25 bits per heavy atom. The summed E-state index contributed by atoms with van der Waals surface area (Å²) in [5, 5.41) is 2.75. The number of anilines is 1. The number of aromatic nitrogens is 1. The third-order valence-electron chi connectivity index (χ3n) is 2.67. The molecule has 1 heterocycles. The number of aryl methyl sites for hydroxylation is 1. The third-order valence-corrected chi connectivity index (χ3v) is 4.00. The number of hydrogen-bond donors (Lipinski definition) is 1. The van der Waals surface area contributed by atoms with Gasteiger partial charge in [-0.15, -0.1) is 0 Å². The van der Waals surface area contributed by atoms with Crippen molar-refractivity contribution in [2.45, 2.75) is 6.92 Å². The molecule has 1 aromatic heterocycles. The van der Waals surface area contributed by atoms with Gasteiger partial charge < -0.3 is 10.1 Å². The Morgan fingerprint density at radius 3 is 2.65 bits per heavy atom. The van der Waals surface area contributed by atoms with E-state index in [1.807, 2.05) is 13.0 Å². The summed E-state index contributed by atoms with van der Waals surface area (Å²) in [5.74, 6) is 0.745. The Balaban J connectivity index is 2.25. The number of halogens is 2. The Labute approximate surface area is 133 Å². The van der Waals surface area contributed by atoms with E-state index in [0.29, 0.717) is 17.1 Å². The Kier molecular flexibility index (Phi) is 4.77. The average molecular weight is 400 g/mol. The van der Waals surface area contributed by atoms with Crippen LogP contribution in [0.25, 0.3) is 0 Å². The van der Waals surface area contributed by atoms with Crippen LogP contribution in [0.4, 0.5) is 5.82 Å². The topological polar surface area (TPSA) is 51.2 Å². The molecule has 0 fully saturated rings. The molecule has 4 nitrogen and oxygen atoms in total. The summed E-state index contributed by atoms with van der Waals surface area (Å²) in [4.78, 5) is 16.5. The number of hydrogen-bond acceptors (Lipinski definition) is 3. The van der Waals surface area contributed by atoms with E-state index in [1.54, 1.807) is 24.3 Å². The van der Waals surface area contributed by atoms with Crippen molar-refractivity contribution in [1.82, 2.24) is 4.98 Å². The molecule has 0 bridgehead atoms. The quantitative estimate of drug-likeness (QED) is 0.842. The van der Waals surface area contributed by atoms with Crippen molar-refractivity contribution in [2.75, 3.05) is 12.4 Å². The maximum absolute atomic E-state index is 12.2. The average Bonchev–Trinajstić information content (AvgIpc) is 2.42. The van der Waals surface area contributed by atoms with Gasteiger partial charge in [0.15, 0.2) is 0 Å². The number of nitrogens with one attached hydrogen (secondary N) is 1. The first kappa shape index (κ1) is 15.0. The number of carbonyl (C=O) groups is 1. The highest BCUT2D eigenvalue weighted by atomic mass is 79.9. The number of ether oxygens (including phenoxy) is 1. The molecule has 0 aliphatic rings. The first-order chi connectivity index (χ1) is 9.51. The van der Waals surface area contributed by atoms with Crippen molar-refractivity contribution in [1.29, 1.82) is 0 Å². The molecule has 2 rings (SSSR count). The number of nitrogens with zero attached hydrogens (tertiary/aromatic N) is 1. The molecule has 104 valence electrons. The SMILES string of the molecule is COc1cc(Br)ccc1C(=O)Nc1ccc(Br)c(C)n1. The van der Waals surface area contributed by atoms with Gasteiger partial charge in [0.1, 0.15) is 11.6 Å². The minimum atomic E-state index is -0.261. The van der Waals surface area contributed by atoms with Crippen molar-refractivity contribution in [3.63, 3.8) is 0 Å². The number of rotatable bonds is 3. The maximum atomic E-state index is 12.2. The van der Waals surface area contributed by atoms with Crippen LogP contribution < -0.4 is 10.1 Å². The molecule has 20 heavy (non-hydrogen) atoms. The van der Waals surface area contributed by atoms with E-state index in [1.165, 1.54) is 7.11 Å². The number of carbonyl (C=O) groups excluding carboxylic acids is 1. The molecule has 0 saturated carbocycles. The second kappa shape index (κ2) is 6.37. The van der Waals surface area contributed by atoms with Crippen LogP contribution in [0.15, 0.2) is 39.3 Å². The second-order valence-corrected chi connectivity index (χ2v) is 5.83. The summed E-state index contributed by atoms with van der Waals surface area (Å²) in [6.07, 6.45) is 0. The molecule has 0 atom stereocenters. The van der Waals surface area contributed by atoms with Crippen LogP contribution >= 0.6 is 31.9 Å². The zero-order chi connectivity index (χ0) is 14.7. The van der Waals surface area contributed by atoms with Crippen LogP contribution in [0.3, 0.4) is 0 Å². The van der Waals surface area contributed by atoms with Gasteiger partial charge in [-0.05, 0) is 53.2 Å². The molecule has 0 spiro atoms. The van der Waals surface area contributed by atoms with E-state index in [2.05, 4.69) is 42.2 Å². The Morgan fingerprint density at radius 2 is 2.00 bits per heavy atom. The lowest BCUT2D eigenvalue weighted by Crippen LogP contribution is -2.14. The van der Waals surface area contributed by atoms with Crippen LogP contribution in [0.2, 0.25) is 0 Å². The normalized spacial score (nSPS) is 10.2. The zero-order valence-electron chi connectivity index (χ0n) is 10.9. The maximum Gasteiger partial charge on any atom is 0.260 e. The number of amides is 1. The van der Waals surface area contributed by atoms with Gasteiger partial charge in [-0.2, -0.15) is 0 Å². The largest absolute Gasteiger partial charge is 0.496 e. The fourth-order valence-corrected chi connectivity index (χ4v) is 2.21. The minimum Gasteiger partial charge on any atom is -0.496 e. The molecule has 0 aliphatic heterocycles. The van der Waals surface area contributed by atoms with Crippen molar-refractivity contribution in [3.05, 3.63) is 50.5 Å². The van der Waals surface area contributed by atoms with E-state index in [-0.39, 0.29) is 5.91 Å². The Hall–Kier alpha value is -1.40. The van der Waals surface area contributed by atoms with Crippen molar-refractivity contribution < 1.29 is 9.53 Å². The summed E-state index contributed by atoms with van der Waals surface area (Å²) in [6, 6.07) is 8.81. The Bertz CT molecular complexity index is 660. The summed E-state index contributed by atoms with van der Waals surface area (Å²) in [5.41, 5.74) is 1.27. The summed E-state index contributed by atoms with van der Waals surface area (Å²) < 4.78 is 6.96. The van der Waals surface area contributed by atoms with Crippen LogP contribution in [0.5, 0.6) is 5.75 Å². The zero-order valence-corrected chi connectivity index (χ0v) is 14.1. The lowest BCUT2D eigenvalue weighted by Gasteiger charge is -2.10. The van der Waals surface area contributed by atoms with Crippen LogP contribution in [-0.2, 0) is 0 Å². The van der Waals surface area contributed by atoms with Crippen LogP contribution in [0, 0.1) is 6.92 Å². The van der Waals surface area contributed by atoms with Gasteiger partial charge in [0.2, 0.25) is 0 Å². The fraction of sp³-hybridized carbons (Fsp3) is 0.143. The molecular weight excluding hydrogens is 388 g/mol. The molecule has 1 amide bonds. The van der Waals surface area contributed by atoms with Gasteiger partial charge in [-0.1, -0.05) is 15.9 Å². The molecule has 0 unspecified atom stereocenters. The molecule has 0 radical (unpaired) electrons. The van der Waals surface area contributed by atoms with E-state index in [9.17, 15) is 4.79 Å². The van der Waals surface area contributed by atoms with Gasteiger partial charge in [0.25, 0.3) is 5.91 Å². The highest BCUT2D eigenvalue weighted by molar-refractivity contribution is 9.10. The van der Waals surface area contributed by atoms with E-state index >= 15 is 0 Å². The molecule has 1 N–H and O–H groups in total. The van der Waals surface area contributed by atoms with Crippen molar-refractivity contribution in [2.24, 2.45) is 0 Å². The lowest BCUT2D eigenvalue weighted by atomic mass is 10.2. The minimum absolute atomic E-state index is 0.261. The predicted molar refractivity (Wildman–Crippen MR) is 85.3 cm³/mol. The molecule has 0 saturated heterocycles. The number of methoxy groups -OCH3 is 1. The van der Waals surface area contributed by atoms with Crippen LogP contribution in [-0.4, -0.2) is 18.0 Å². The third kappa shape index (κ3) is 3.37.